The minimum Gasteiger partial charge on any atom is -0.508 e. The van der Waals surface area contributed by atoms with Crippen molar-refractivity contribution in [2.45, 2.75) is 13.5 Å². The van der Waals surface area contributed by atoms with Crippen LogP contribution in [-0.2, 0) is 6.54 Å². The summed E-state index contributed by atoms with van der Waals surface area (Å²) in [6, 6.07) is 8.87. The standard InChI is InChI=1S/C14H17N3O2S/c1-9-10(7-13(20-9)14(19)16-15)8-17(2)11-3-5-12(18)6-4-11/h3-7,18H,8,15H2,1-2H3,(H,16,19). The zero-order valence-electron chi connectivity index (χ0n) is 11.4. The molecule has 2 rings (SSSR count). The molecule has 0 saturated carbocycles. The van der Waals surface area contributed by atoms with Crippen molar-refractivity contribution < 1.29 is 9.90 Å². The molecule has 0 spiro atoms. The van der Waals surface area contributed by atoms with E-state index in [-0.39, 0.29) is 11.7 Å². The van der Waals surface area contributed by atoms with Crippen LogP contribution in [0.25, 0.3) is 0 Å². The van der Waals surface area contributed by atoms with Gasteiger partial charge in [-0.25, -0.2) is 5.84 Å². The summed E-state index contributed by atoms with van der Waals surface area (Å²) >= 11 is 1.43. The van der Waals surface area contributed by atoms with Gasteiger partial charge in [0.2, 0.25) is 0 Å². The van der Waals surface area contributed by atoms with Crippen LogP contribution in [0, 0.1) is 6.92 Å². The average Bonchev–Trinajstić information content (AvgIpc) is 2.80. The number of hydrazine groups is 1. The van der Waals surface area contributed by atoms with Crippen LogP contribution in [0.2, 0.25) is 0 Å². The van der Waals surface area contributed by atoms with Gasteiger partial charge in [-0.3, -0.25) is 10.2 Å². The molecule has 1 aromatic heterocycles. The van der Waals surface area contributed by atoms with Crippen LogP contribution in [0.5, 0.6) is 5.75 Å². The van der Waals surface area contributed by atoms with E-state index in [4.69, 9.17) is 5.84 Å². The van der Waals surface area contributed by atoms with Gasteiger partial charge in [0.25, 0.3) is 5.91 Å². The molecule has 6 heteroatoms. The maximum absolute atomic E-state index is 11.5. The minimum absolute atomic E-state index is 0.246. The van der Waals surface area contributed by atoms with Crippen molar-refractivity contribution in [2.24, 2.45) is 5.84 Å². The number of hydrogen-bond donors (Lipinski definition) is 3. The van der Waals surface area contributed by atoms with E-state index >= 15 is 0 Å². The van der Waals surface area contributed by atoms with Gasteiger partial charge in [0, 0.05) is 24.2 Å². The highest BCUT2D eigenvalue weighted by molar-refractivity contribution is 7.14. The third-order valence-corrected chi connectivity index (χ3v) is 4.17. The number of hydrogen-bond acceptors (Lipinski definition) is 5. The third kappa shape index (κ3) is 3.09. The molecule has 0 aliphatic heterocycles. The molecule has 20 heavy (non-hydrogen) atoms. The summed E-state index contributed by atoms with van der Waals surface area (Å²) in [6.07, 6.45) is 0. The normalized spacial score (nSPS) is 10.3. The van der Waals surface area contributed by atoms with Crippen LogP contribution in [0.4, 0.5) is 5.69 Å². The Hall–Kier alpha value is -2.05. The van der Waals surface area contributed by atoms with Crippen molar-refractivity contribution in [3.05, 3.63) is 45.6 Å². The Kier molecular flexibility index (Phi) is 4.26. The molecule has 0 fully saturated rings. The van der Waals surface area contributed by atoms with E-state index in [0.29, 0.717) is 11.4 Å². The lowest BCUT2D eigenvalue weighted by Gasteiger charge is -2.19. The molecule has 0 radical (unpaired) electrons. The first-order chi connectivity index (χ1) is 9.51. The van der Waals surface area contributed by atoms with Gasteiger partial charge in [-0.1, -0.05) is 0 Å². The third-order valence-electron chi connectivity index (χ3n) is 3.07. The summed E-state index contributed by atoms with van der Waals surface area (Å²) < 4.78 is 0. The first-order valence-corrected chi connectivity index (χ1v) is 6.93. The number of aryl methyl sites for hydroxylation is 1. The number of phenolic OH excluding ortho intramolecular Hbond substituents is 1. The second-order valence-electron chi connectivity index (χ2n) is 4.54. The highest BCUT2D eigenvalue weighted by Crippen LogP contribution is 2.25. The van der Waals surface area contributed by atoms with Crippen LogP contribution >= 0.6 is 11.3 Å². The highest BCUT2D eigenvalue weighted by Gasteiger charge is 2.13. The monoisotopic (exact) mass is 291 g/mol. The molecule has 0 saturated heterocycles. The van der Waals surface area contributed by atoms with E-state index in [1.807, 2.05) is 32.2 Å². The van der Waals surface area contributed by atoms with Gasteiger partial charge >= 0.3 is 0 Å². The van der Waals surface area contributed by atoms with Crippen LogP contribution in [0.1, 0.15) is 20.1 Å². The van der Waals surface area contributed by atoms with E-state index in [2.05, 4.69) is 10.3 Å². The van der Waals surface area contributed by atoms with Crippen molar-refractivity contribution in [1.82, 2.24) is 5.43 Å². The van der Waals surface area contributed by atoms with Gasteiger partial charge in [-0.15, -0.1) is 11.3 Å². The number of nitrogens with zero attached hydrogens (tertiary/aromatic N) is 1. The molecule has 5 nitrogen and oxygen atoms in total. The van der Waals surface area contributed by atoms with Crippen molar-refractivity contribution in [1.29, 1.82) is 0 Å². The number of benzene rings is 1. The van der Waals surface area contributed by atoms with Gasteiger partial charge in [0.05, 0.1) is 4.88 Å². The fourth-order valence-corrected chi connectivity index (χ4v) is 2.85. The number of anilines is 1. The SMILES string of the molecule is Cc1sc(C(=O)NN)cc1CN(C)c1ccc(O)cc1. The van der Waals surface area contributed by atoms with Gasteiger partial charge in [0.1, 0.15) is 5.75 Å². The van der Waals surface area contributed by atoms with Crippen molar-refractivity contribution in [3.8, 4) is 5.75 Å². The number of rotatable bonds is 4. The van der Waals surface area contributed by atoms with E-state index in [9.17, 15) is 9.90 Å². The van der Waals surface area contributed by atoms with E-state index in [1.165, 1.54) is 11.3 Å². The lowest BCUT2D eigenvalue weighted by molar-refractivity contribution is 0.0957. The molecule has 0 bridgehead atoms. The number of phenols is 1. The Morgan fingerprint density at radius 1 is 1.40 bits per heavy atom. The highest BCUT2D eigenvalue weighted by atomic mass is 32.1. The molecule has 0 atom stereocenters. The minimum atomic E-state index is -0.267. The van der Waals surface area contributed by atoms with Gasteiger partial charge in [-0.2, -0.15) is 0 Å². The number of nitrogen functional groups attached to an aromatic ring is 1. The number of nitrogens with one attached hydrogen (secondary N) is 1. The molecule has 1 amide bonds. The Labute approximate surface area is 121 Å². The van der Waals surface area contributed by atoms with Crippen molar-refractivity contribution >= 4 is 22.9 Å². The lowest BCUT2D eigenvalue weighted by atomic mass is 10.2. The Morgan fingerprint density at radius 2 is 2.05 bits per heavy atom. The second-order valence-corrected chi connectivity index (χ2v) is 5.79. The fraction of sp³-hybridized carbons (Fsp3) is 0.214. The average molecular weight is 291 g/mol. The summed E-state index contributed by atoms with van der Waals surface area (Å²) in [5, 5.41) is 9.29. The van der Waals surface area contributed by atoms with Crippen LogP contribution in [0.15, 0.2) is 30.3 Å². The maximum atomic E-state index is 11.5. The Balaban J connectivity index is 2.15. The largest absolute Gasteiger partial charge is 0.508 e. The van der Waals surface area contributed by atoms with Crippen molar-refractivity contribution in [2.75, 3.05) is 11.9 Å². The maximum Gasteiger partial charge on any atom is 0.275 e. The van der Waals surface area contributed by atoms with Crippen LogP contribution in [0.3, 0.4) is 0 Å². The smallest absolute Gasteiger partial charge is 0.275 e. The summed E-state index contributed by atoms with van der Waals surface area (Å²) in [7, 11) is 1.96. The zero-order valence-corrected chi connectivity index (χ0v) is 12.2. The second kappa shape index (κ2) is 5.94. The number of amides is 1. The van der Waals surface area contributed by atoms with Crippen molar-refractivity contribution in [3.63, 3.8) is 0 Å². The molecular formula is C14H17N3O2S. The van der Waals surface area contributed by atoms with Crippen LogP contribution in [-0.4, -0.2) is 18.1 Å². The fourth-order valence-electron chi connectivity index (χ4n) is 1.91. The van der Waals surface area contributed by atoms with E-state index in [0.717, 1.165) is 16.1 Å². The number of carbonyl (C=O) groups is 1. The zero-order chi connectivity index (χ0) is 14.7. The van der Waals surface area contributed by atoms with Gasteiger partial charge < -0.3 is 10.0 Å². The summed E-state index contributed by atoms with van der Waals surface area (Å²) in [4.78, 5) is 15.3. The topological polar surface area (TPSA) is 78.6 Å². The summed E-state index contributed by atoms with van der Waals surface area (Å²) in [6.45, 7) is 2.67. The molecule has 1 aromatic carbocycles. The molecule has 0 unspecified atom stereocenters. The Bertz CT molecular complexity index is 607. The molecule has 2 aromatic rings. The first-order valence-electron chi connectivity index (χ1n) is 6.11. The van der Waals surface area contributed by atoms with E-state index in [1.54, 1.807) is 12.1 Å². The Morgan fingerprint density at radius 3 is 2.65 bits per heavy atom. The number of nitrogens with two attached hydrogens (primary N) is 1. The molecule has 1 heterocycles. The number of carbonyl (C=O) groups excluding carboxylic acids is 1. The number of thiophene rings is 1. The molecule has 4 N–H and O–H groups in total. The molecular weight excluding hydrogens is 274 g/mol. The van der Waals surface area contributed by atoms with E-state index < -0.39 is 0 Å². The summed E-state index contributed by atoms with van der Waals surface area (Å²) in [5.74, 6) is 5.12. The quantitative estimate of drug-likeness (QED) is 0.457. The lowest BCUT2D eigenvalue weighted by Crippen LogP contribution is -2.29. The van der Waals surface area contributed by atoms with Gasteiger partial charge in [0.15, 0.2) is 0 Å². The predicted octanol–water partition coefficient (Wildman–Crippen LogP) is 2.00. The van der Waals surface area contributed by atoms with Gasteiger partial charge in [-0.05, 0) is 42.8 Å². The number of aromatic hydroxyl groups is 1. The molecule has 106 valence electrons. The van der Waals surface area contributed by atoms with Crippen LogP contribution < -0.4 is 16.2 Å². The molecule has 0 aliphatic rings. The summed E-state index contributed by atoms with van der Waals surface area (Å²) in [5.41, 5.74) is 4.23. The first kappa shape index (κ1) is 14.4. The molecule has 0 aliphatic carbocycles. The predicted molar refractivity (Wildman–Crippen MR) is 80.9 cm³/mol.